The number of para-hydroxylation sites is 8. The number of likely N-dealkylation sites (tertiary alicyclic amines) is 2. The Kier molecular flexibility index (Phi) is 34.4. The number of imidazole rings is 4. The third kappa shape index (κ3) is 21.3. The highest BCUT2D eigenvalue weighted by Crippen LogP contribution is 2.33. The first-order valence-electron chi connectivity index (χ1n) is 33.1. The first kappa shape index (κ1) is 82.5. The van der Waals surface area contributed by atoms with E-state index in [1.807, 2.05) is 86.9 Å². The summed E-state index contributed by atoms with van der Waals surface area (Å²) in [6.07, 6.45) is 8.84. The average Bonchev–Trinajstić information content (AvgIpc) is 1.64. The lowest BCUT2D eigenvalue weighted by atomic mass is 9.94. The highest BCUT2D eigenvalue weighted by atomic mass is 79.9. The molecule has 6 heterocycles. The van der Waals surface area contributed by atoms with Crippen molar-refractivity contribution in [1.29, 1.82) is 0 Å². The van der Waals surface area contributed by atoms with Gasteiger partial charge in [0.15, 0.2) is 0 Å². The number of rotatable bonds is 22. The molecular weight excluding hydrogens is 1290 g/mol. The van der Waals surface area contributed by atoms with Crippen molar-refractivity contribution >= 4 is 71.9 Å². The summed E-state index contributed by atoms with van der Waals surface area (Å²) < 4.78 is 21.4. The van der Waals surface area contributed by atoms with Gasteiger partial charge in [-0.25, -0.2) is 19.6 Å². The number of aromatic amines is 1. The van der Waals surface area contributed by atoms with Crippen molar-refractivity contribution in [2.75, 3.05) is 80.8 Å². The molecule has 2 aliphatic rings. The molecule has 10 aromatic rings. The Labute approximate surface area is 592 Å². The minimum absolute atomic E-state index is 0. The van der Waals surface area contributed by atoms with E-state index < -0.39 is 0 Å². The number of carbonyl (C=O) groups excluding carboxylic acids is 2. The number of nitrogens with zero attached hydrogens (tertiary/aromatic N) is 9. The van der Waals surface area contributed by atoms with Crippen LogP contribution < -0.4 is 22.0 Å². The van der Waals surface area contributed by atoms with Gasteiger partial charge in [0.25, 0.3) is 0 Å². The summed E-state index contributed by atoms with van der Waals surface area (Å²) >= 11 is 3.49. The van der Waals surface area contributed by atoms with Crippen molar-refractivity contribution in [1.82, 2.24) is 58.2 Å². The predicted octanol–water partition coefficient (Wildman–Crippen LogP) is 15.0. The van der Waals surface area contributed by atoms with Gasteiger partial charge in [0.2, 0.25) is 11.8 Å². The zero-order valence-electron chi connectivity index (χ0n) is 55.7. The Bertz CT molecular complexity index is 4120. The van der Waals surface area contributed by atoms with Gasteiger partial charge in [0.1, 0.15) is 11.6 Å². The Balaban J connectivity index is 0.000000327. The van der Waals surface area contributed by atoms with Crippen LogP contribution in [0.2, 0.25) is 0 Å². The van der Waals surface area contributed by atoms with Gasteiger partial charge in [-0.1, -0.05) is 140 Å². The fourth-order valence-corrected chi connectivity index (χ4v) is 13.3. The molecule has 534 valence electrons. The Hall–Kier alpha value is -7.94. The number of aryl methyl sites for hydroxylation is 4. The third-order valence-corrected chi connectivity index (χ3v) is 18.4. The van der Waals surface area contributed by atoms with E-state index in [2.05, 4.69) is 137 Å². The van der Waals surface area contributed by atoms with Crippen molar-refractivity contribution in [3.63, 3.8) is 0 Å². The third-order valence-electron chi connectivity index (χ3n) is 17.8. The quantitative estimate of drug-likeness (QED) is 0.0552. The molecule has 18 nitrogen and oxygen atoms in total. The van der Waals surface area contributed by atoms with Crippen LogP contribution in [0.25, 0.3) is 49.8 Å². The summed E-state index contributed by atoms with van der Waals surface area (Å²) in [7, 11) is 10.9. The summed E-state index contributed by atoms with van der Waals surface area (Å²) in [6, 6.07) is 48.7. The average molecular weight is 1410 g/mol. The molecule has 19 heteroatoms. The zero-order valence-corrected chi connectivity index (χ0v) is 57.2. The molecule has 2 saturated heterocycles. The Morgan fingerprint density at radius 3 is 1.43 bits per heavy atom. The van der Waals surface area contributed by atoms with Crippen molar-refractivity contribution in [2.24, 2.45) is 25.9 Å². The molecule has 0 unspecified atom stereocenters. The van der Waals surface area contributed by atoms with E-state index in [0.717, 1.165) is 164 Å². The van der Waals surface area contributed by atoms with Gasteiger partial charge in [-0.3, -0.25) is 23.3 Å². The summed E-state index contributed by atoms with van der Waals surface area (Å²) in [5.41, 5.74) is 11.2. The fourth-order valence-electron chi connectivity index (χ4n) is 13.0. The van der Waals surface area contributed by atoms with Gasteiger partial charge in [-0.2, -0.15) is 0 Å². The van der Waals surface area contributed by atoms with E-state index in [0.29, 0.717) is 31.9 Å². The zero-order chi connectivity index (χ0) is 65.8. The number of fused-ring (bicyclic) bond motifs is 4. The maximum atomic E-state index is 13.5. The van der Waals surface area contributed by atoms with Crippen LogP contribution in [0.3, 0.4) is 0 Å². The normalized spacial score (nSPS) is 14.7. The number of piperidine rings is 2. The van der Waals surface area contributed by atoms with Gasteiger partial charge in [0, 0.05) is 123 Å². The molecule has 98 heavy (non-hydrogen) atoms. The fraction of sp³-hybridized carbons (Fsp3) is 0.468. The van der Waals surface area contributed by atoms with E-state index in [1.165, 1.54) is 16.6 Å². The lowest BCUT2D eigenvalue weighted by molar-refractivity contribution is -0.134. The smallest absolute Gasteiger partial charge is 0.333 e. The second-order valence-electron chi connectivity index (χ2n) is 25.0. The molecule has 0 spiro atoms. The SMILES string of the molecule is C.C.C.C.C.CNCCNC.COCCCn1c([C@@H]2CCCN(C(=O)C[C@H](C)Cc3ccc(-n4c(=O)n(C)c5ccccc54)cc3)C2)nc2ccccc21.COCCCn1c([C@@H]2CCCN(C(=O)C[C@H](C)Cc3ccc(Br)cc3)C2)nc2ccccc21.Cn1c(=O)[nH]c2ccccc21. The number of amides is 2. The van der Waals surface area contributed by atoms with Crippen molar-refractivity contribution in [3.05, 3.63) is 194 Å². The number of likely N-dealkylation sites (N-methyl/N-ethyl adjacent to an activating group) is 2. The van der Waals surface area contributed by atoms with E-state index in [9.17, 15) is 19.2 Å². The van der Waals surface area contributed by atoms with Gasteiger partial charge < -0.3 is 44.0 Å². The number of halogens is 1. The second kappa shape index (κ2) is 40.8. The van der Waals surface area contributed by atoms with Gasteiger partial charge >= 0.3 is 11.4 Å². The number of nitrogens with one attached hydrogen (secondary N) is 3. The Morgan fingerprint density at radius 2 is 0.980 bits per heavy atom. The van der Waals surface area contributed by atoms with E-state index >= 15 is 0 Å². The minimum Gasteiger partial charge on any atom is -0.385 e. The van der Waals surface area contributed by atoms with E-state index in [-0.39, 0.29) is 78.1 Å². The van der Waals surface area contributed by atoms with E-state index in [4.69, 9.17) is 19.4 Å². The number of H-pyrrole nitrogens is 1. The lowest BCUT2D eigenvalue weighted by Gasteiger charge is -2.33. The molecule has 2 aliphatic heterocycles. The number of hydrogen-bond donors (Lipinski definition) is 3. The first-order valence-corrected chi connectivity index (χ1v) is 33.9. The molecule has 0 bridgehead atoms. The molecule has 3 N–H and O–H groups in total. The van der Waals surface area contributed by atoms with Crippen LogP contribution in [0.4, 0.5) is 0 Å². The maximum Gasteiger partial charge on any atom is 0.333 e. The molecule has 0 aliphatic carbocycles. The lowest BCUT2D eigenvalue weighted by Crippen LogP contribution is -2.40. The number of hydrogen-bond acceptors (Lipinski definition) is 10. The molecule has 2 amide bonds. The summed E-state index contributed by atoms with van der Waals surface area (Å²) in [5, 5.41) is 6.01. The first-order chi connectivity index (χ1) is 45.2. The topological polar surface area (TPSA) is 184 Å². The van der Waals surface area contributed by atoms with Crippen LogP contribution in [0.5, 0.6) is 0 Å². The van der Waals surface area contributed by atoms with Gasteiger partial charge in [-0.15, -0.1) is 0 Å². The number of carbonyl (C=O) groups is 2. The monoisotopic (exact) mass is 1410 g/mol. The molecule has 0 radical (unpaired) electrons. The number of methoxy groups -OCH3 is 2. The number of benzene rings is 6. The summed E-state index contributed by atoms with van der Waals surface area (Å²) in [5.74, 6) is 3.73. The van der Waals surface area contributed by atoms with Crippen LogP contribution in [0, 0.1) is 11.8 Å². The van der Waals surface area contributed by atoms with Crippen LogP contribution >= 0.6 is 15.9 Å². The van der Waals surface area contributed by atoms with Crippen molar-refractivity contribution < 1.29 is 19.1 Å². The van der Waals surface area contributed by atoms with Crippen LogP contribution in [0.15, 0.2) is 160 Å². The Morgan fingerprint density at radius 1 is 0.561 bits per heavy atom. The molecule has 6 aromatic carbocycles. The molecule has 0 saturated carbocycles. The van der Waals surface area contributed by atoms with Crippen LogP contribution in [-0.2, 0) is 59.1 Å². The van der Waals surface area contributed by atoms with Gasteiger partial charge in [0.05, 0.1) is 49.8 Å². The number of ether oxygens (including phenoxy) is 2. The molecule has 4 atom stereocenters. The largest absolute Gasteiger partial charge is 0.385 e. The molecule has 4 aromatic heterocycles. The summed E-state index contributed by atoms with van der Waals surface area (Å²) in [6.45, 7) is 12.8. The molecule has 12 rings (SSSR count). The van der Waals surface area contributed by atoms with Crippen LogP contribution in [-0.4, -0.2) is 140 Å². The predicted molar refractivity (Wildman–Crippen MR) is 412 cm³/mol. The van der Waals surface area contributed by atoms with E-state index in [1.54, 1.807) is 42.0 Å². The molecular formula is C79H115BrN12O6. The van der Waals surface area contributed by atoms with Crippen LogP contribution in [0.1, 0.15) is 137 Å². The minimum atomic E-state index is -0.0637. The highest BCUT2D eigenvalue weighted by molar-refractivity contribution is 9.10. The van der Waals surface area contributed by atoms with Crippen molar-refractivity contribution in [3.8, 4) is 5.69 Å². The summed E-state index contributed by atoms with van der Waals surface area (Å²) in [4.78, 5) is 67.6. The second-order valence-corrected chi connectivity index (χ2v) is 25.9. The maximum absolute atomic E-state index is 13.5. The highest BCUT2D eigenvalue weighted by Gasteiger charge is 2.31. The molecule has 2 fully saturated rings. The van der Waals surface area contributed by atoms with Gasteiger partial charge in [-0.05, 0) is 161 Å². The standard InChI is InChI=1S/C35H41N5O3.C27H34BrN3O2.C8H8N2O.C4H12N2.5CH4/c1-25(22-26-15-17-28(18-16-26)40-32-14-7-6-13-31(32)37(2)35(40)42)23-33(41)38-19-8-10-27(24-38)34-36-29-11-4-5-12-30(29)39(34)20-9-21-43-3;1-20(17-21-10-12-23(28)13-11-21)18-26(32)30-14-5-7-22(19-30)27-29-24-8-3-4-9-25(24)31(27)15-6-16-33-2;1-10-7-5-3-2-4-6(7)9-8(10)11;1-5-3-4-6-2;;;;;/h4-7,11-18,25,27H,8-10,19-24H2,1-3H3;3-4,8-13,20,22H,5-7,14-19H2,1-2H3;2-5H,1H3,(H,9,11);5-6H,3-4H2,1-2H3;5*1H4/t25-,27-;20-,22-;;;;;;;/m11......./s1. The van der Waals surface area contributed by atoms with Crippen molar-refractivity contribution in [2.45, 2.75) is 140 Å². The number of aromatic nitrogens is 8.